The summed E-state index contributed by atoms with van der Waals surface area (Å²) in [7, 11) is 0. The number of tetrazole rings is 1. The van der Waals surface area contributed by atoms with Gasteiger partial charge in [-0.1, -0.05) is 49.4 Å². The number of benzene rings is 2. The number of aromatic nitrogens is 4. The van der Waals surface area contributed by atoms with Crippen LogP contribution in [-0.2, 0) is 17.8 Å². The predicted molar refractivity (Wildman–Crippen MR) is 106 cm³/mol. The maximum Gasteiger partial charge on any atom is 0.247 e. The minimum absolute atomic E-state index is 0.0223. The third-order valence-corrected chi connectivity index (χ3v) is 5.97. The van der Waals surface area contributed by atoms with Crippen LogP contribution >= 0.6 is 11.8 Å². The minimum Gasteiger partial charge on any atom is -0.324 e. The second kappa shape index (κ2) is 8.10. The minimum atomic E-state index is -0.321. The lowest BCUT2D eigenvalue weighted by atomic mass is 10.1. The Morgan fingerprint density at radius 3 is 2.75 bits per heavy atom. The maximum atomic E-state index is 14.2. The fourth-order valence-electron chi connectivity index (χ4n) is 3.19. The number of nitrogens with zero attached hydrogens (tertiary/aromatic N) is 5. The summed E-state index contributed by atoms with van der Waals surface area (Å²) in [6, 6.07) is 14.5. The van der Waals surface area contributed by atoms with E-state index in [4.69, 9.17) is 0 Å². The van der Waals surface area contributed by atoms with E-state index in [2.05, 4.69) is 22.3 Å². The number of hydrogen-bond donors (Lipinski definition) is 0. The fourth-order valence-corrected chi connectivity index (χ4v) is 4.48. The van der Waals surface area contributed by atoms with Gasteiger partial charge in [-0.2, -0.15) is 4.80 Å². The first-order valence-corrected chi connectivity index (χ1v) is 10.2. The van der Waals surface area contributed by atoms with Gasteiger partial charge in [0.25, 0.3) is 0 Å². The first kappa shape index (κ1) is 18.6. The molecule has 1 aliphatic rings. The van der Waals surface area contributed by atoms with Crippen molar-refractivity contribution in [2.45, 2.75) is 25.3 Å². The molecule has 28 heavy (non-hydrogen) atoms. The summed E-state index contributed by atoms with van der Waals surface area (Å²) in [6.45, 7) is 2.65. The number of carbonyl (C=O) groups excluding carboxylic acids is 1. The fraction of sp³-hybridized carbons (Fsp3) is 0.300. The Labute approximate surface area is 166 Å². The largest absolute Gasteiger partial charge is 0.324 e. The zero-order valence-electron chi connectivity index (χ0n) is 15.5. The van der Waals surface area contributed by atoms with Crippen molar-refractivity contribution in [1.82, 2.24) is 25.1 Å². The molecule has 2 aromatic carbocycles. The Morgan fingerprint density at radius 1 is 1.21 bits per heavy atom. The van der Waals surface area contributed by atoms with E-state index in [1.165, 1.54) is 16.4 Å². The SMILES string of the molecule is CCc1ccc(-c2nnn(CC(=O)N3CCS[C@@H]3c3ccccc3F)n2)cc1. The van der Waals surface area contributed by atoms with E-state index in [1.54, 1.807) is 34.9 Å². The molecule has 4 rings (SSSR count). The van der Waals surface area contributed by atoms with Gasteiger partial charge in [0.1, 0.15) is 17.7 Å². The Bertz CT molecular complexity index is 975. The normalized spacial score (nSPS) is 16.5. The van der Waals surface area contributed by atoms with Crippen LogP contribution in [0.25, 0.3) is 11.4 Å². The lowest BCUT2D eigenvalue weighted by molar-refractivity contribution is -0.132. The van der Waals surface area contributed by atoms with Crippen molar-refractivity contribution >= 4 is 17.7 Å². The molecule has 1 fully saturated rings. The topological polar surface area (TPSA) is 63.9 Å². The van der Waals surface area contributed by atoms with Crippen LogP contribution in [0.3, 0.4) is 0 Å². The Kier molecular flexibility index (Phi) is 5.38. The van der Waals surface area contributed by atoms with Gasteiger partial charge in [-0.15, -0.1) is 22.0 Å². The summed E-state index contributed by atoms with van der Waals surface area (Å²) >= 11 is 1.56. The van der Waals surface area contributed by atoms with Gasteiger partial charge in [0.15, 0.2) is 0 Å². The molecule has 0 bridgehead atoms. The first-order valence-electron chi connectivity index (χ1n) is 9.18. The van der Waals surface area contributed by atoms with Gasteiger partial charge in [-0.25, -0.2) is 4.39 Å². The van der Waals surface area contributed by atoms with Gasteiger partial charge in [0.2, 0.25) is 11.7 Å². The molecule has 144 valence electrons. The van der Waals surface area contributed by atoms with Crippen LogP contribution in [0.15, 0.2) is 48.5 Å². The number of rotatable bonds is 5. The number of carbonyl (C=O) groups is 1. The van der Waals surface area contributed by atoms with Crippen LogP contribution in [0.5, 0.6) is 0 Å². The van der Waals surface area contributed by atoms with Crippen molar-refractivity contribution in [3.05, 3.63) is 65.5 Å². The third kappa shape index (κ3) is 3.77. The number of thioether (sulfide) groups is 1. The lowest BCUT2D eigenvalue weighted by Gasteiger charge is -2.24. The molecule has 1 atom stereocenters. The van der Waals surface area contributed by atoms with Crippen molar-refractivity contribution in [3.8, 4) is 11.4 Å². The summed E-state index contributed by atoms with van der Waals surface area (Å²) in [6.07, 6.45) is 0.964. The van der Waals surface area contributed by atoms with E-state index in [9.17, 15) is 9.18 Å². The van der Waals surface area contributed by atoms with Crippen LogP contribution in [-0.4, -0.2) is 43.3 Å². The number of halogens is 1. The highest BCUT2D eigenvalue weighted by atomic mass is 32.2. The zero-order valence-corrected chi connectivity index (χ0v) is 16.3. The predicted octanol–water partition coefficient (Wildman–Crippen LogP) is 3.32. The molecule has 0 unspecified atom stereocenters. The van der Waals surface area contributed by atoms with Crippen LogP contribution in [0.1, 0.15) is 23.4 Å². The summed E-state index contributed by atoms with van der Waals surface area (Å²) < 4.78 is 14.2. The Morgan fingerprint density at radius 2 is 2.00 bits per heavy atom. The zero-order chi connectivity index (χ0) is 19.5. The molecule has 8 heteroatoms. The summed E-state index contributed by atoms with van der Waals surface area (Å²) in [5.74, 6) is 0.807. The number of hydrogen-bond acceptors (Lipinski definition) is 5. The van der Waals surface area contributed by atoms with Crippen LogP contribution in [0.4, 0.5) is 4.39 Å². The molecule has 1 aromatic heterocycles. The molecule has 0 spiro atoms. The van der Waals surface area contributed by atoms with Crippen LogP contribution < -0.4 is 0 Å². The van der Waals surface area contributed by atoms with Crippen molar-refractivity contribution in [1.29, 1.82) is 0 Å². The molecular weight excluding hydrogens is 377 g/mol. The molecule has 1 saturated heterocycles. The Hall–Kier alpha value is -2.74. The molecule has 6 nitrogen and oxygen atoms in total. The number of aryl methyl sites for hydroxylation is 1. The van der Waals surface area contributed by atoms with Crippen molar-refractivity contribution in [2.24, 2.45) is 0 Å². The van der Waals surface area contributed by atoms with Crippen LogP contribution in [0.2, 0.25) is 0 Å². The molecule has 1 aliphatic heterocycles. The third-order valence-electron chi connectivity index (χ3n) is 4.73. The van der Waals surface area contributed by atoms with E-state index in [0.717, 1.165) is 17.7 Å². The molecule has 0 N–H and O–H groups in total. The maximum absolute atomic E-state index is 14.2. The standard InChI is InChI=1S/C20H20FN5OS/c1-2-14-7-9-15(10-8-14)19-22-24-26(23-19)13-18(27)25-11-12-28-20(25)16-5-3-4-6-17(16)21/h3-10,20H,2,11-13H2,1H3/t20-/m1/s1. The van der Waals surface area contributed by atoms with E-state index < -0.39 is 0 Å². The second-order valence-electron chi connectivity index (χ2n) is 6.53. The van der Waals surface area contributed by atoms with Crippen molar-refractivity contribution in [3.63, 3.8) is 0 Å². The molecule has 1 amide bonds. The van der Waals surface area contributed by atoms with Gasteiger partial charge in [-0.3, -0.25) is 4.79 Å². The van der Waals surface area contributed by atoms with Gasteiger partial charge in [0.05, 0.1) is 0 Å². The molecule has 0 aliphatic carbocycles. The van der Waals surface area contributed by atoms with E-state index >= 15 is 0 Å². The highest BCUT2D eigenvalue weighted by Crippen LogP contribution is 2.39. The first-order chi connectivity index (χ1) is 13.7. The lowest BCUT2D eigenvalue weighted by Crippen LogP contribution is -2.34. The van der Waals surface area contributed by atoms with Gasteiger partial charge in [-0.05, 0) is 23.3 Å². The van der Waals surface area contributed by atoms with Gasteiger partial charge in [0, 0.05) is 23.4 Å². The number of amides is 1. The monoisotopic (exact) mass is 397 g/mol. The molecular formula is C20H20FN5OS. The second-order valence-corrected chi connectivity index (χ2v) is 7.71. The van der Waals surface area contributed by atoms with Gasteiger partial charge >= 0.3 is 0 Å². The molecule has 2 heterocycles. The highest BCUT2D eigenvalue weighted by Gasteiger charge is 2.32. The molecule has 3 aromatic rings. The summed E-state index contributed by atoms with van der Waals surface area (Å²) in [5, 5.41) is 12.1. The Balaban J connectivity index is 1.47. The summed E-state index contributed by atoms with van der Waals surface area (Å²) in [4.78, 5) is 15.8. The van der Waals surface area contributed by atoms with E-state index in [1.807, 2.05) is 24.3 Å². The van der Waals surface area contributed by atoms with E-state index in [-0.39, 0.29) is 23.6 Å². The van der Waals surface area contributed by atoms with Crippen LogP contribution in [0, 0.1) is 5.82 Å². The van der Waals surface area contributed by atoms with E-state index in [0.29, 0.717) is 17.9 Å². The quantitative estimate of drug-likeness (QED) is 0.661. The summed E-state index contributed by atoms with van der Waals surface area (Å²) in [5.41, 5.74) is 2.62. The van der Waals surface area contributed by atoms with Crippen molar-refractivity contribution in [2.75, 3.05) is 12.3 Å². The average molecular weight is 397 g/mol. The van der Waals surface area contributed by atoms with Gasteiger partial charge < -0.3 is 4.90 Å². The smallest absolute Gasteiger partial charge is 0.247 e. The van der Waals surface area contributed by atoms with Crippen molar-refractivity contribution < 1.29 is 9.18 Å². The average Bonchev–Trinajstić information content (AvgIpc) is 3.38. The molecule has 0 radical (unpaired) electrons. The highest BCUT2D eigenvalue weighted by molar-refractivity contribution is 7.99. The molecule has 0 saturated carbocycles.